The number of thiophene rings is 1. The van der Waals surface area contributed by atoms with Gasteiger partial charge in [0.2, 0.25) is 10.1 Å². The molecule has 0 saturated carbocycles. The number of nitrogens with zero attached hydrogens (tertiary/aromatic N) is 4. The summed E-state index contributed by atoms with van der Waals surface area (Å²) in [6.45, 7) is 0. The van der Waals surface area contributed by atoms with E-state index in [1.807, 2.05) is 17.5 Å². The highest BCUT2D eigenvalue weighted by molar-refractivity contribution is 7.20. The van der Waals surface area contributed by atoms with Crippen LogP contribution in [-0.4, -0.2) is 39.9 Å². The Kier molecular flexibility index (Phi) is 4.27. The molecular formula is C16H13N5O3S2. The first-order valence-corrected chi connectivity index (χ1v) is 9.18. The van der Waals surface area contributed by atoms with Crippen LogP contribution in [0.25, 0.3) is 15.7 Å². The van der Waals surface area contributed by atoms with Crippen molar-refractivity contribution in [1.29, 1.82) is 0 Å². The molecule has 0 aliphatic heterocycles. The Bertz CT molecular complexity index is 1070. The van der Waals surface area contributed by atoms with Crippen LogP contribution >= 0.6 is 22.7 Å². The van der Waals surface area contributed by atoms with Gasteiger partial charge in [-0.05, 0) is 29.6 Å². The molecule has 0 bridgehead atoms. The summed E-state index contributed by atoms with van der Waals surface area (Å²) in [5.41, 5.74) is 0.437. The second-order valence-corrected chi connectivity index (χ2v) is 7.03. The summed E-state index contributed by atoms with van der Waals surface area (Å²) in [6.07, 6.45) is 0. The maximum absolute atomic E-state index is 12.5. The standard InChI is InChI=1S/C16H13N5O3S2/c1-23-10-6-5-9(8-11(10)24-2)14(22)17-15-20-21-13(12-4-3-7-25-12)18-19-16(21)26-15/h3-8H,1-2H3,(H,17,20,22). The van der Waals surface area contributed by atoms with Crippen molar-refractivity contribution in [3.63, 3.8) is 0 Å². The zero-order chi connectivity index (χ0) is 18.1. The fourth-order valence-electron chi connectivity index (χ4n) is 2.37. The Hall–Kier alpha value is -2.98. The molecule has 3 heterocycles. The molecule has 0 unspecified atom stereocenters. The van der Waals surface area contributed by atoms with Crippen molar-refractivity contribution in [3.8, 4) is 22.2 Å². The van der Waals surface area contributed by atoms with Gasteiger partial charge in [0.1, 0.15) is 0 Å². The lowest BCUT2D eigenvalue weighted by molar-refractivity contribution is 0.102. The first-order chi connectivity index (χ1) is 12.7. The van der Waals surface area contributed by atoms with E-state index >= 15 is 0 Å². The molecule has 0 saturated heterocycles. The third-order valence-corrected chi connectivity index (χ3v) is 5.28. The van der Waals surface area contributed by atoms with Crippen LogP contribution in [0.4, 0.5) is 5.13 Å². The highest BCUT2D eigenvalue weighted by Crippen LogP contribution is 2.29. The predicted molar refractivity (Wildman–Crippen MR) is 99.5 cm³/mol. The molecule has 1 N–H and O–H groups in total. The largest absolute Gasteiger partial charge is 0.493 e. The summed E-state index contributed by atoms with van der Waals surface area (Å²) >= 11 is 2.80. The Morgan fingerprint density at radius 3 is 2.73 bits per heavy atom. The summed E-state index contributed by atoms with van der Waals surface area (Å²) in [5.74, 6) is 1.40. The van der Waals surface area contributed by atoms with Crippen LogP contribution < -0.4 is 14.8 Å². The summed E-state index contributed by atoms with van der Waals surface area (Å²) < 4.78 is 12.0. The van der Waals surface area contributed by atoms with Gasteiger partial charge in [0, 0.05) is 5.56 Å². The minimum absolute atomic E-state index is 0.298. The van der Waals surface area contributed by atoms with E-state index in [1.54, 1.807) is 41.2 Å². The number of fused-ring (bicyclic) bond motifs is 1. The first-order valence-electron chi connectivity index (χ1n) is 7.49. The molecule has 8 nitrogen and oxygen atoms in total. The van der Waals surface area contributed by atoms with Crippen molar-refractivity contribution in [2.75, 3.05) is 19.5 Å². The average Bonchev–Trinajstić information content (AvgIpc) is 3.38. The van der Waals surface area contributed by atoms with E-state index in [4.69, 9.17) is 9.47 Å². The molecule has 1 aromatic carbocycles. The molecule has 1 amide bonds. The lowest BCUT2D eigenvalue weighted by atomic mass is 10.2. The van der Waals surface area contributed by atoms with Gasteiger partial charge in [-0.15, -0.1) is 26.6 Å². The zero-order valence-electron chi connectivity index (χ0n) is 13.8. The number of nitrogens with one attached hydrogen (secondary N) is 1. The molecule has 4 aromatic rings. The number of anilines is 1. The maximum Gasteiger partial charge on any atom is 0.257 e. The summed E-state index contributed by atoms with van der Waals surface area (Å²) in [6, 6.07) is 8.84. The van der Waals surface area contributed by atoms with E-state index in [1.165, 1.54) is 18.4 Å². The SMILES string of the molecule is COc1ccc(C(=O)Nc2nn3c(-c4cccs4)nnc3s2)cc1OC. The van der Waals surface area contributed by atoms with Crippen molar-refractivity contribution in [1.82, 2.24) is 19.8 Å². The number of hydrogen-bond donors (Lipinski definition) is 1. The zero-order valence-corrected chi connectivity index (χ0v) is 15.4. The number of methoxy groups -OCH3 is 2. The van der Waals surface area contributed by atoms with Gasteiger partial charge in [-0.3, -0.25) is 10.1 Å². The van der Waals surface area contributed by atoms with Crippen molar-refractivity contribution >= 4 is 38.7 Å². The van der Waals surface area contributed by atoms with E-state index in [-0.39, 0.29) is 5.91 Å². The molecule has 0 aliphatic carbocycles. The molecule has 3 aromatic heterocycles. The highest BCUT2D eigenvalue weighted by atomic mass is 32.1. The van der Waals surface area contributed by atoms with Gasteiger partial charge in [-0.2, -0.15) is 4.52 Å². The van der Waals surface area contributed by atoms with E-state index in [2.05, 4.69) is 20.6 Å². The lowest BCUT2D eigenvalue weighted by Gasteiger charge is -2.09. The Morgan fingerprint density at radius 2 is 2.00 bits per heavy atom. The summed E-state index contributed by atoms with van der Waals surface area (Å²) in [5, 5.41) is 17.8. The third kappa shape index (κ3) is 2.89. The lowest BCUT2D eigenvalue weighted by Crippen LogP contribution is -2.12. The second kappa shape index (κ2) is 6.73. The minimum Gasteiger partial charge on any atom is -0.493 e. The number of carbonyl (C=O) groups excluding carboxylic acids is 1. The fraction of sp³-hybridized carbons (Fsp3) is 0.125. The van der Waals surface area contributed by atoms with Crippen molar-refractivity contribution < 1.29 is 14.3 Å². The van der Waals surface area contributed by atoms with Crippen LogP contribution in [0.1, 0.15) is 10.4 Å². The fourth-order valence-corrected chi connectivity index (χ4v) is 3.80. The normalized spacial score (nSPS) is 10.8. The van der Waals surface area contributed by atoms with E-state index in [0.29, 0.717) is 33.0 Å². The molecule has 0 fully saturated rings. The average molecular weight is 387 g/mol. The molecule has 0 spiro atoms. The quantitative estimate of drug-likeness (QED) is 0.566. The summed E-state index contributed by atoms with van der Waals surface area (Å²) in [4.78, 5) is 14.1. The van der Waals surface area contributed by atoms with Gasteiger partial charge >= 0.3 is 0 Å². The Labute approximate surface area is 156 Å². The van der Waals surface area contributed by atoms with Gasteiger partial charge in [0.05, 0.1) is 19.1 Å². The van der Waals surface area contributed by atoms with Crippen LogP contribution in [0.5, 0.6) is 11.5 Å². The third-order valence-electron chi connectivity index (χ3n) is 3.60. The van der Waals surface area contributed by atoms with Crippen molar-refractivity contribution in [2.45, 2.75) is 0 Å². The molecule has 26 heavy (non-hydrogen) atoms. The van der Waals surface area contributed by atoms with Gasteiger partial charge in [0.15, 0.2) is 17.3 Å². The smallest absolute Gasteiger partial charge is 0.257 e. The topological polar surface area (TPSA) is 90.6 Å². The molecule has 0 aliphatic rings. The van der Waals surface area contributed by atoms with E-state index in [0.717, 1.165) is 4.88 Å². The van der Waals surface area contributed by atoms with Gasteiger partial charge in [0.25, 0.3) is 5.91 Å². The van der Waals surface area contributed by atoms with Crippen LogP contribution in [0.2, 0.25) is 0 Å². The van der Waals surface area contributed by atoms with Crippen molar-refractivity contribution in [2.24, 2.45) is 0 Å². The molecule has 132 valence electrons. The van der Waals surface area contributed by atoms with Gasteiger partial charge < -0.3 is 9.47 Å². The maximum atomic E-state index is 12.5. The second-order valence-electron chi connectivity index (χ2n) is 5.13. The van der Waals surface area contributed by atoms with Crippen molar-refractivity contribution in [3.05, 3.63) is 41.3 Å². The number of carbonyl (C=O) groups is 1. The number of amides is 1. The number of hydrogen-bond acceptors (Lipinski definition) is 8. The van der Waals surface area contributed by atoms with Crippen LogP contribution in [0, 0.1) is 0 Å². The number of rotatable bonds is 5. The minimum atomic E-state index is -0.298. The van der Waals surface area contributed by atoms with Gasteiger partial charge in [-0.25, -0.2) is 0 Å². The van der Waals surface area contributed by atoms with E-state index < -0.39 is 0 Å². The predicted octanol–water partition coefficient (Wildman–Crippen LogP) is 3.18. The monoisotopic (exact) mass is 387 g/mol. The molecular weight excluding hydrogens is 374 g/mol. The van der Waals surface area contributed by atoms with Crippen LogP contribution in [0.3, 0.4) is 0 Å². The van der Waals surface area contributed by atoms with Crippen LogP contribution in [0.15, 0.2) is 35.7 Å². The molecule has 0 radical (unpaired) electrons. The molecule has 4 rings (SSSR count). The number of benzene rings is 1. The number of aromatic nitrogens is 4. The Balaban J connectivity index is 1.60. The van der Waals surface area contributed by atoms with E-state index in [9.17, 15) is 4.79 Å². The van der Waals surface area contributed by atoms with Gasteiger partial charge in [-0.1, -0.05) is 17.4 Å². The summed E-state index contributed by atoms with van der Waals surface area (Å²) in [7, 11) is 3.07. The number of ether oxygens (including phenoxy) is 2. The van der Waals surface area contributed by atoms with Crippen LogP contribution in [-0.2, 0) is 0 Å². The molecule has 10 heteroatoms. The Morgan fingerprint density at radius 1 is 1.15 bits per heavy atom. The molecule has 0 atom stereocenters. The highest BCUT2D eigenvalue weighted by Gasteiger charge is 2.17. The first kappa shape index (κ1) is 16.5.